The molecule has 0 aliphatic heterocycles. The minimum Gasteiger partial charge on any atom is -0.458 e. The minimum atomic E-state index is -2.10. The quantitative estimate of drug-likeness (QED) is 0.0440. The van der Waals surface area contributed by atoms with Crippen LogP contribution in [0, 0.1) is 0 Å². The number of ether oxygens (including phenoxy) is 4. The van der Waals surface area contributed by atoms with Gasteiger partial charge >= 0.3 is 151 Å². The molecule has 0 aliphatic rings. The van der Waals surface area contributed by atoms with E-state index in [1.165, 1.54) is 9.14 Å². The molecule has 0 saturated heterocycles. The molecule has 0 saturated carbocycles. The van der Waals surface area contributed by atoms with E-state index in [2.05, 4.69) is 60.4 Å². The minimum absolute atomic E-state index is 0.0486. The van der Waals surface area contributed by atoms with Gasteiger partial charge < -0.3 is 34.9 Å². The molecule has 0 unspecified atom stereocenters. The van der Waals surface area contributed by atoms with Crippen molar-refractivity contribution in [2.75, 3.05) is 6.54 Å². The van der Waals surface area contributed by atoms with Crippen molar-refractivity contribution in [3.05, 3.63) is 29.8 Å². The fourth-order valence-corrected chi connectivity index (χ4v) is 9.16. The van der Waals surface area contributed by atoms with Crippen LogP contribution in [-0.2, 0) is 54.1 Å². The van der Waals surface area contributed by atoms with E-state index >= 15 is 0 Å². The third kappa shape index (κ3) is 26.6. The van der Waals surface area contributed by atoms with Gasteiger partial charge in [0.1, 0.15) is 40.5 Å². The number of carbonyl (C=O) groups excluding carboxylic acids is 7. The maximum Gasteiger partial charge on any atom is 0.329 e. The van der Waals surface area contributed by atoms with Gasteiger partial charge in [0, 0.05) is 12.8 Å². The molecule has 0 heterocycles. The van der Waals surface area contributed by atoms with Crippen LogP contribution in [0.15, 0.2) is 24.3 Å². The Kier molecular flexibility index (Phi) is 22.5. The van der Waals surface area contributed by atoms with E-state index in [4.69, 9.17) is 18.9 Å². The second-order valence-corrected chi connectivity index (χ2v) is 35.2. The predicted molar refractivity (Wildman–Crippen MR) is 242 cm³/mol. The second-order valence-electron chi connectivity index (χ2n) is 20.8. The van der Waals surface area contributed by atoms with Gasteiger partial charge in [0.2, 0.25) is 5.91 Å². The smallest absolute Gasteiger partial charge is 0.329 e. The van der Waals surface area contributed by atoms with E-state index in [-0.39, 0.29) is 38.0 Å². The Balaban J connectivity index is 2.92. The molecular formula is C46H78N4O11Sn. The molecule has 1 aromatic rings. The monoisotopic (exact) mass is 982 g/mol. The zero-order chi connectivity index (χ0) is 47.7. The van der Waals surface area contributed by atoms with Crippen LogP contribution in [0.5, 0.6) is 0 Å². The van der Waals surface area contributed by atoms with Crippen LogP contribution in [0.3, 0.4) is 0 Å². The molecule has 3 atom stereocenters. The number of rotatable bonds is 22. The van der Waals surface area contributed by atoms with E-state index in [0.717, 1.165) is 12.8 Å². The van der Waals surface area contributed by atoms with E-state index in [9.17, 15) is 33.6 Å². The zero-order valence-electron chi connectivity index (χ0n) is 40.3. The summed E-state index contributed by atoms with van der Waals surface area (Å²) >= 11 is -2.10. The maximum atomic E-state index is 13.4. The van der Waals surface area contributed by atoms with E-state index in [1.54, 1.807) is 83.1 Å². The van der Waals surface area contributed by atoms with Crippen molar-refractivity contribution in [2.24, 2.45) is 0 Å². The number of benzene rings is 1. The third-order valence-corrected chi connectivity index (χ3v) is 14.6. The van der Waals surface area contributed by atoms with Gasteiger partial charge in [-0.1, -0.05) is 0 Å². The Hall–Kier alpha value is -3.89. The third-order valence-electron chi connectivity index (χ3n) is 8.67. The number of esters is 4. The number of urea groups is 1. The first-order valence-corrected chi connectivity index (χ1v) is 31.8. The first-order chi connectivity index (χ1) is 28.2. The van der Waals surface area contributed by atoms with Crippen molar-refractivity contribution in [1.29, 1.82) is 0 Å². The summed E-state index contributed by atoms with van der Waals surface area (Å²) in [5.41, 5.74) is -2.21. The number of nitrogens with one attached hydrogen (secondary N) is 4. The van der Waals surface area contributed by atoms with Gasteiger partial charge in [-0.2, -0.15) is 0 Å². The van der Waals surface area contributed by atoms with E-state index < -0.39 is 94.7 Å². The summed E-state index contributed by atoms with van der Waals surface area (Å²) in [6.45, 7) is 20.6. The molecule has 352 valence electrons. The standard InChI is InChI=1S/C43H69N4O11.3CH3.Sn/c1-40(2,3)55-35(50)27-25-32(38(53)58-43(10,11)12)47-39(54)46-31(37(52)57-42(7,8)9)24-26-34(49)45-30(36(51)56-41(4,5)6)22-16-17-28-44-33(48)23-18-21-29-19-14-13-15-20-29;;;;/h14-15,19-20,30-32H,16-18,21-28H2,1-12H3,(H,44,48)(H,45,49)(H2,46,47,54);3*1H3;/t30-,31-,32-;;;;/m0..../s1. The summed E-state index contributed by atoms with van der Waals surface area (Å²) in [6.07, 6.45) is 2.36. The first-order valence-electron chi connectivity index (χ1n) is 21.9. The molecule has 0 bridgehead atoms. The second kappa shape index (κ2) is 24.8. The largest absolute Gasteiger partial charge is 0.458 e. The summed E-state index contributed by atoms with van der Waals surface area (Å²) in [6, 6.07) is 4.20. The van der Waals surface area contributed by atoms with Crippen LogP contribution >= 0.6 is 0 Å². The fraction of sp³-hybridized carbons (Fsp3) is 0.717. The van der Waals surface area contributed by atoms with Gasteiger partial charge in [-0.05, 0) is 102 Å². The van der Waals surface area contributed by atoms with Crippen LogP contribution in [-0.4, -0.2) is 107 Å². The maximum absolute atomic E-state index is 13.4. The van der Waals surface area contributed by atoms with Crippen LogP contribution in [0.2, 0.25) is 14.8 Å². The van der Waals surface area contributed by atoms with Crippen LogP contribution in [0.4, 0.5) is 4.79 Å². The van der Waals surface area contributed by atoms with E-state index in [1.807, 2.05) is 0 Å². The SMILES string of the molecule is CC(C)(C)OC(=O)CC[C@H](NC(=O)N[C@@H](CCC(=O)N[C@@H](CCCCNC(=O)CCCc1cc[c]([Sn]([CH3])([CH3])[CH3])cc1)C(=O)OC(C)(C)C)C(=O)OC(C)(C)C)C(=O)OC(C)(C)C. The van der Waals surface area contributed by atoms with Crippen molar-refractivity contribution in [2.45, 2.75) is 203 Å². The van der Waals surface area contributed by atoms with Crippen LogP contribution in [0.1, 0.15) is 146 Å². The number of hydrogen-bond donors (Lipinski definition) is 4. The van der Waals surface area contributed by atoms with Crippen molar-refractivity contribution >= 4 is 63.7 Å². The van der Waals surface area contributed by atoms with Gasteiger partial charge in [-0.15, -0.1) is 0 Å². The number of amides is 4. The van der Waals surface area contributed by atoms with Crippen molar-refractivity contribution in [3.63, 3.8) is 0 Å². The Morgan fingerprint density at radius 1 is 0.516 bits per heavy atom. The molecule has 0 spiro atoms. The van der Waals surface area contributed by atoms with Crippen molar-refractivity contribution in [3.8, 4) is 0 Å². The summed E-state index contributed by atoms with van der Waals surface area (Å²) in [4.78, 5) is 98.5. The van der Waals surface area contributed by atoms with Crippen LogP contribution < -0.4 is 24.8 Å². The van der Waals surface area contributed by atoms with Crippen molar-refractivity contribution < 1.29 is 52.5 Å². The molecule has 0 aliphatic carbocycles. The molecule has 0 radical (unpaired) electrons. The molecule has 16 heteroatoms. The van der Waals surface area contributed by atoms with Gasteiger partial charge in [0.05, 0.1) is 0 Å². The fourth-order valence-electron chi connectivity index (χ4n) is 5.83. The molecule has 0 aromatic heterocycles. The normalized spacial score (nSPS) is 13.7. The average molecular weight is 982 g/mol. The van der Waals surface area contributed by atoms with Gasteiger partial charge in [-0.3, -0.25) is 9.59 Å². The summed E-state index contributed by atoms with van der Waals surface area (Å²) in [5, 5.41) is 10.7. The Bertz CT molecular complexity index is 1650. The number of unbranched alkanes of at least 4 members (excludes halogenated alkanes) is 1. The first kappa shape index (κ1) is 56.1. The number of hydrogen-bond acceptors (Lipinski definition) is 11. The van der Waals surface area contributed by atoms with Gasteiger partial charge in [0.25, 0.3) is 0 Å². The van der Waals surface area contributed by atoms with Gasteiger partial charge in [-0.25, -0.2) is 19.2 Å². The molecule has 4 amide bonds. The molecule has 1 rings (SSSR count). The molecule has 4 N–H and O–H groups in total. The van der Waals surface area contributed by atoms with Gasteiger partial charge in [0.15, 0.2) is 0 Å². The molecular weight excluding hydrogens is 903 g/mol. The Morgan fingerprint density at radius 3 is 1.39 bits per heavy atom. The Morgan fingerprint density at radius 2 is 0.952 bits per heavy atom. The Labute approximate surface area is 374 Å². The van der Waals surface area contributed by atoms with E-state index in [0.29, 0.717) is 25.8 Å². The van der Waals surface area contributed by atoms with Crippen molar-refractivity contribution in [1.82, 2.24) is 21.3 Å². The zero-order valence-corrected chi connectivity index (χ0v) is 43.2. The van der Waals surface area contributed by atoms with Crippen LogP contribution in [0.25, 0.3) is 0 Å². The molecule has 0 fully saturated rings. The molecule has 62 heavy (non-hydrogen) atoms. The summed E-state index contributed by atoms with van der Waals surface area (Å²) in [7, 11) is 0. The molecule has 15 nitrogen and oxygen atoms in total. The number of carbonyl (C=O) groups is 7. The summed E-state index contributed by atoms with van der Waals surface area (Å²) < 4.78 is 23.4. The average Bonchev–Trinajstić information content (AvgIpc) is 3.07. The predicted octanol–water partition coefficient (Wildman–Crippen LogP) is 6.29. The number of aryl methyl sites for hydroxylation is 1. The summed E-state index contributed by atoms with van der Waals surface area (Å²) in [5.74, 6) is -3.46. The molecule has 1 aromatic carbocycles. The topological polar surface area (TPSA) is 205 Å².